The Bertz CT molecular complexity index is 717. The SMILES string of the molecule is CCCCOC(=O)C1=C(C)NC(=O)N[C@@H]1c1cc(Cl)c(O)c(OC)c1. The molecule has 1 aromatic rings. The number of carbonyl (C=O) groups is 2. The van der Waals surface area contributed by atoms with E-state index in [1.807, 2.05) is 6.92 Å². The Labute approximate surface area is 150 Å². The van der Waals surface area contributed by atoms with Crippen molar-refractivity contribution in [2.45, 2.75) is 32.7 Å². The summed E-state index contributed by atoms with van der Waals surface area (Å²) in [5.74, 6) is -0.584. The number of unbranched alkanes of at least 4 members (excludes halogenated alkanes) is 1. The molecule has 0 saturated heterocycles. The minimum absolute atomic E-state index is 0.0542. The molecule has 2 amide bonds. The summed E-state index contributed by atoms with van der Waals surface area (Å²) in [6.45, 7) is 3.92. The standard InChI is InChI=1S/C17H21ClN2O5/c1-4-5-6-25-16(22)13-9(2)19-17(23)20-14(13)10-7-11(18)15(21)12(8-10)24-3/h7-8,14,21H,4-6H2,1-3H3,(H2,19,20,23)/t14-/m1/s1. The van der Waals surface area contributed by atoms with Gasteiger partial charge in [0.2, 0.25) is 0 Å². The van der Waals surface area contributed by atoms with Crippen LogP contribution in [0, 0.1) is 0 Å². The molecule has 0 radical (unpaired) electrons. The number of aromatic hydroxyl groups is 1. The zero-order valence-corrected chi connectivity index (χ0v) is 15.1. The molecule has 25 heavy (non-hydrogen) atoms. The summed E-state index contributed by atoms with van der Waals surface area (Å²) in [5.41, 5.74) is 1.18. The van der Waals surface area contributed by atoms with E-state index < -0.39 is 18.0 Å². The van der Waals surface area contributed by atoms with Crippen LogP contribution in [0.15, 0.2) is 23.4 Å². The van der Waals surface area contributed by atoms with Crippen LogP contribution in [0.4, 0.5) is 4.79 Å². The van der Waals surface area contributed by atoms with Crippen molar-refractivity contribution in [3.63, 3.8) is 0 Å². The van der Waals surface area contributed by atoms with Crippen molar-refractivity contribution in [1.29, 1.82) is 0 Å². The third kappa shape index (κ3) is 4.17. The number of methoxy groups -OCH3 is 1. The highest BCUT2D eigenvalue weighted by atomic mass is 35.5. The lowest BCUT2D eigenvalue weighted by Gasteiger charge is -2.28. The highest BCUT2D eigenvalue weighted by Gasteiger charge is 2.33. The van der Waals surface area contributed by atoms with Crippen LogP contribution in [0.1, 0.15) is 38.3 Å². The lowest BCUT2D eigenvalue weighted by molar-refractivity contribution is -0.139. The van der Waals surface area contributed by atoms with Gasteiger partial charge in [-0.2, -0.15) is 0 Å². The number of allylic oxidation sites excluding steroid dienone is 1. The molecule has 7 nitrogen and oxygen atoms in total. The second-order valence-corrected chi connectivity index (χ2v) is 6.02. The number of ether oxygens (including phenoxy) is 2. The van der Waals surface area contributed by atoms with E-state index >= 15 is 0 Å². The Hall–Kier alpha value is -2.41. The maximum absolute atomic E-state index is 12.5. The van der Waals surface area contributed by atoms with Crippen molar-refractivity contribution in [3.05, 3.63) is 34.0 Å². The minimum atomic E-state index is -0.769. The molecule has 1 heterocycles. The van der Waals surface area contributed by atoms with Gasteiger partial charge in [-0.25, -0.2) is 9.59 Å². The minimum Gasteiger partial charge on any atom is -0.503 e. The average molecular weight is 369 g/mol. The molecule has 0 aliphatic carbocycles. The van der Waals surface area contributed by atoms with Crippen LogP contribution in [0.3, 0.4) is 0 Å². The molecule has 0 aromatic heterocycles. The second kappa shape index (κ2) is 8.11. The van der Waals surface area contributed by atoms with E-state index in [1.54, 1.807) is 6.92 Å². The van der Waals surface area contributed by atoms with E-state index in [0.29, 0.717) is 17.9 Å². The smallest absolute Gasteiger partial charge is 0.338 e. The number of amides is 2. The Morgan fingerprint density at radius 3 is 2.76 bits per heavy atom. The second-order valence-electron chi connectivity index (χ2n) is 5.61. The van der Waals surface area contributed by atoms with E-state index in [4.69, 9.17) is 21.1 Å². The van der Waals surface area contributed by atoms with Gasteiger partial charge in [0.1, 0.15) is 0 Å². The Balaban J connectivity index is 2.42. The van der Waals surface area contributed by atoms with Gasteiger partial charge in [-0.05, 0) is 31.0 Å². The van der Waals surface area contributed by atoms with Gasteiger partial charge in [0.25, 0.3) is 0 Å². The molecule has 1 aromatic carbocycles. The summed E-state index contributed by atoms with van der Waals surface area (Å²) < 4.78 is 10.4. The van der Waals surface area contributed by atoms with E-state index in [0.717, 1.165) is 12.8 Å². The predicted molar refractivity (Wildman–Crippen MR) is 92.6 cm³/mol. The average Bonchev–Trinajstić information content (AvgIpc) is 2.56. The highest BCUT2D eigenvalue weighted by molar-refractivity contribution is 6.32. The van der Waals surface area contributed by atoms with E-state index in [2.05, 4.69) is 10.6 Å². The summed E-state index contributed by atoms with van der Waals surface area (Å²) in [6, 6.07) is 1.78. The van der Waals surface area contributed by atoms with Gasteiger partial charge in [-0.15, -0.1) is 0 Å². The van der Waals surface area contributed by atoms with Gasteiger partial charge in [0, 0.05) is 5.70 Å². The lowest BCUT2D eigenvalue weighted by atomic mass is 9.95. The number of phenols is 1. The molecular weight excluding hydrogens is 348 g/mol. The van der Waals surface area contributed by atoms with Gasteiger partial charge in [-0.1, -0.05) is 24.9 Å². The molecule has 0 spiro atoms. The van der Waals surface area contributed by atoms with Crippen LogP contribution < -0.4 is 15.4 Å². The van der Waals surface area contributed by atoms with Crippen molar-refractivity contribution < 1.29 is 24.2 Å². The molecule has 0 fully saturated rings. The largest absolute Gasteiger partial charge is 0.503 e. The number of halogens is 1. The zero-order valence-electron chi connectivity index (χ0n) is 14.3. The predicted octanol–water partition coefficient (Wildman–Crippen LogP) is 3.03. The monoisotopic (exact) mass is 368 g/mol. The van der Waals surface area contributed by atoms with E-state index in [-0.39, 0.29) is 22.1 Å². The normalized spacial score (nSPS) is 17.0. The number of nitrogens with one attached hydrogen (secondary N) is 2. The van der Waals surface area contributed by atoms with Crippen molar-refractivity contribution in [2.75, 3.05) is 13.7 Å². The number of rotatable bonds is 6. The van der Waals surface area contributed by atoms with Gasteiger partial charge >= 0.3 is 12.0 Å². The molecule has 136 valence electrons. The fourth-order valence-electron chi connectivity index (χ4n) is 2.52. The molecule has 0 bridgehead atoms. The maximum atomic E-state index is 12.5. The summed E-state index contributed by atoms with van der Waals surface area (Å²) in [7, 11) is 1.39. The Morgan fingerprint density at radius 1 is 1.40 bits per heavy atom. The van der Waals surface area contributed by atoms with Crippen LogP contribution in [0.2, 0.25) is 5.02 Å². The van der Waals surface area contributed by atoms with Gasteiger partial charge in [0.05, 0.1) is 30.4 Å². The summed E-state index contributed by atoms with van der Waals surface area (Å²) in [5, 5.41) is 15.2. The van der Waals surface area contributed by atoms with Crippen molar-refractivity contribution in [2.24, 2.45) is 0 Å². The van der Waals surface area contributed by atoms with E-state index in [1.165, 1.54) is 19.2 Å². The Kier molecular flexibility index (Phi) is 6.14. The van der Waals surface area contributed by atoms with Crippen LogP contribution in [-0.4, -0.2) is 30.8 Å². The van der Waals surface area contributed by atoms with Gasteiger partial charge in [0.15, 0.2) is 11.5 Å². The zero-order chi connectivity index (χ0) is 18.6. The Morgan fingerprint density at radius 2 is 2.12 bits per heavy atom. The number of urea groups is 1. The summed E-state index contributed by atoms with van der Waals surface area (Å²) >= 11 is 6.03. The number of benzene rings is 1. The first-order valence-corrected chi connectivity index (χ1v) is 8.28. The van der Waals surface area contributed by atoms with E-state index in [9.17, 15) is 14.7 Å². The quantitative estimate of drug-likeness (QED) is 0.529. The number of hydrogen-bond acceptors (Lipinski definition) is 5. The lowest BCUT2D eigenvalue weighted by Crippen LogP contribution is -2.45. The maximum Gasteiger partial charge on any atom is 0.338 e. The van der Waals surface area contributed by atoms with Crippen molar-refractivity contribution >= 4 is 23.6 Å². The number of carbonyl (C=O) groups excluding carboxylic acids is 2. The van der Waals surface area contributed by atoms with Crippen molar-refractivity contribution in [3.8, 4) is 11.5 Å². The number of hydrogen-bond donors (Lipinski definition) is 3. The molecule has 1 aliphatic heterocycles. The molecule has 2 rings (SSSR count). The first kappa shape index (κ1) is 18.9. The molecule has 0 unspecified atom stereocenters. The molecule has 1 aliphatic rings. The molecule has 3 N–H and O–H groups in total. The van der Waals surface area contributed by atoms with Crippen LogP contribution in [-0.2, 0) is 9.53 Å². The van der Waals surface area contributed by atoms with Gasteiger partial charge in [-0.3, -0.25) is 0 Å². The van der Waals surface area contributed by atoms with Crippen LogP contribution >= 0.6 is 11.6 Å². The molecule has 8 heteroatoms. The first-order chi connectivity index (χ1) is 11.9. The fourth-order valence-corrected chi connectivity index (χ4v) is 2.74. The molecule has 0 saturated carbocycles. The third-order valence-electron chi connectivity index (χ3n) is 3.82. The molecular formula is C17H21ClN2O5. The summed E-state index contributed by atoms with van der Waals surface area (Å²) in [4.78, 5) is 24.4. The van der Waals surface area contributed by atoms with Crippen molar-refractivity contribution in [1.82, 2.24) is 10.6 Å². The van der Waals surface area contributed by atoms with Crippen LogP contribution in [0.5, 0.6) is 11.5 Å². The number of esters is 1. The highest BCUT2D eigenvalue weighted by Crippen LogP contribution is 2.39. The summed E-state index contributed by atoms with van der Waals surface area (Å²) in [6.07, 6.45) is 1.65. The van der Waals surface area contributed by atoms with Gasteiger partial charge < -0.3 is 25.2 Å². The fraction of sp³-hybridized carbons (Fsp3) is 0.412. The third-order valence-corrected chi connectivity index (χ3v) is 4.11. The number of phenolic OH excluding ortho intramolecular Hbond substituents is 1. The molecule has 1 atom stereocenters. The first-order valence-electron chi connectivity index (χ1n) is 7.90. The van der Waals surface area contributed by atoms with Crippen LogP contribution in [0.25, 0.3) is 0 Å². The topological polar surface area (TPSA) is 96.9 Å².